The number of aromatic nitrogens is 2. The fourth-order valence-electron chi connectivity index (χ4n) is 3.23. The minimum atomic E-state index is -0.280. The molecule has 3 aromatic rings. The number of aryl methyl sites for hydroxylation is 1. The zero-order valence-electron chi connectivity index (χ0n) is 14.1. The molecule has 0 unspecified atom stereocenters. The van der Waals surface area contributed by atoms with E-state index in [2.05, 4.69) is 4.98 Å². The van der Waals surface area contributed by atoms with E-state index in [4.69, 9.17) is 0 Å². The number of carbonyl (C=O) groups excluding carboxylic acids is 1. The minimum absolute atomic E-state index is 0.158. The van der Waals surface area contributed by atoms with Gasteiger partial charge >= 0.3 is 0 Å². The Balaban J connectivity index is 1.81. The van der Waals surface area contributed by atoms with Gasteiger partial charge in [0.25, 0.3) is 11.5 Å². The van der Waals surface area contributed by atoms with Crippen LogP contribution >= 0.6 is 11.3 Å². The quantitative estimate of drug-likeness (QED) is 0.710. The maximum absolute atomic E-state index is 13.0. The smallest absolute Gasteiger partial charge is 0.271 e. The summed E-state index contributed by atoms with van der Waals surface area (Å²) in [4.78, 5) is 32.5. The minimum Gasteiger partial charge on any atom is -0.338 e. The number of piperidine rings is 1. The Morgan fingerprint density at radius 3 is 2.56 bits per heavy atom. The Morgan fingerprint density at radius 2 is 1.84 bits per heavy atom. The SMILES string of the molecule is Cc1ccc(-c2csc3ncc(C(=O)N4CCCCC4)c(=O)n23)cc1. The van der Waals surface area contributed by atoms with Crippen molar-refractivity contribution in [1.29, 1.82) is 0 Å². The van der Waals surface area contributed by atoms with Crippen molar-refractivity contribution < 1.29 is 4.79 Å². The molecule has 4 rings (SSSR count). The van der Waals surface area contributed by atoms with Crippen LogP contribution in [-0.4, -0.2) is 33.3 Å². The van der Waals surface area contributed by atoms with Crippen LogP contribution in [0.3, 0.4) is 0 Å². The number of nitrogens with zero attached hydrogens (tertiary/aromatic N) is 3. The van der Waals surface area contributed by atoms with Crippen LogP contribution in [-0.2, 0) is 0 Å². The lowest BCUT2D eigenvalue weighted by Crippen LogP contribution is -2.39. The zero-order chi connectivity index (χ0) is 17.4. The largest absolute Gasteiger partial charge is 0.338 e. The molecule has 1 fully saturated rings. The maximum Gasteiger partial charge on any atom is 0.271 e. The van der Waals surface area contributed by atoms with Crippen molar-refractivity contribution >= 4 is 22.2 Å². The molecule has 0 radical (unpaired) electrons. The van der Waals surface area contributed by atoms with E-state index in [0.29, 0.717) is 4.96 Å². The molecule has 1 aliphatic rings. The first-order valence-electron chi connectivity index (χ1n) is 8.51. The highest BCUT2D eigenvalue weighted by Crippen LogP contribution is 2.24. The van der Waals surface area contributed by atoms with Gasteiger partial charge in [-0.25, -0.2) is 4.98 Å². The van der Waals surface area contributed by atoms with Gasteiger partial charge in [-0.2, -0.15) is 0 Å². The van der Waals surface area contributed by atoms with E-state index in [1.165, 1.54) is 17.5 Å². The first-order chi connectivity index (χ1) is 12.1. The second kappa shape index (κ2) is 6.44. The normalized spacial score (nSPS) is 14.8. The highest BCUT2D eigenvalue weighted by atomic mass is 32.1. The number of hydrogen-bond acceptors (Lipinski definition) is 4. The number of fused-ring (bicyclic) bond motifs is 1. The Labute approximate surface area is 149 Å². The lowest BCUT2D eigenvalue weighted by Gasteiger charge is -2.26. The molecule has 0 N–H and O–H groups in total. The van der Waals surface area contributed by atoms with E-state index < -0.39 is 0 Å². The summed E-state index contributed by atoms with van der Waals surface area (Å²) in [6.07, 6.45) is 4.57. The van der Waals surface area contributed by atoms with E-state index in [0.717, 1.165) is 49.2 Å². The van der Waals surface area contributed by atoms with Gasteiger partial charge in [0.05, 0.1) is 5.69 Å². The predicted molar refractivity (Wildman–Crippen MR) is 99.3 cm³/mol. The molecule has 1 saturated heterocycles. The summed E-state index contributed by atoms with van der Waals surface area (Å²) in [7, 11) is 0. The summed E-state index contributed by atoms with van der Waals surface area (Å²) < 4.78 is 1.56. The van der Waals surface area contributed by atoms with Crippen LogP contribution in [0.25, 0.3) is 16.2 Å². The van der Waals surface area contributed by atoms with Crippen molar-refractivity contribution in [3.63, 3.8) is 0 Å². The summed E-state index contributed by atoms with van der Waals surface area (Å²) in [6, 6.07) is 8.00. The molecule has 0 spiro atoms. The molecule has 0 bridgehead atoms. The van der Waals surface area contributed by atoms with Crippen molar-refractivity contribution in [2.45, 2.75) is 26.2 Å². The number of benzene rings is 1. The fourth-order valence-corrected chi connectivity index (χ4v) is 4.09. The molecule has 1 amide bonds. The van der Waals surface area contributed by atoms with E-state index in [1.54, 1.807) is 9.30 Å². The summed E-state index contributed by atoms with van der Waals surface area (Å²) in [5.41, 5.74) is 2.77. The molecular formula is C19H19N3O2S. The molecule has 1 aromatic carbocycles. The molecule has 0 saturated carbocycles. The molecule has 0 atom stereocenters. The number of amides is 1. The summed E-state index contributed by atoms with van der Waals surface area (Å²) >= 11 is 1.41. The summed E-state index contributed by atoms with van der Waals surface area (Å²) in [5.74, 6) is -0.201. The third-order valence-electron chi connectivity index (χ3n) is 4.67. The van der Waals surface area contributed by atoms with Crippen LogP contribution < -0.4 is 5.56 Å². The number of hydrogen-bond donors (Lipinski definition) is 0. The number of thiazole rings is 1. The number of carbonyl (C=O) groups is 1. The second-order valence-electron chi connectivity index (χ2n) is 6.43. The van der Waals surface area contributed by atoms with E-state index >= 15 is 0 Å². The van der Waals surface area contributed by atoms with Gasteiger partial charge in [-0.1, -0.05) is 29.8 Å². The lowest BCUT2D eigenvalue weighted by atomic mass is 10.1. The molecule has 5 nitrogen and oxygen atoms in total. The van der Waals surface area contributed by atoms with Crippen molar-refractivity contribution in [2.24, 2.45) is 0 Å². The van der Waals surface area contributed by atoms with Gasteiger partial charge in [0, 0.05) is 24.7 Å². The maximum atomic E-state index is 13.0. The third-order valence-corrected chi connectivity index (χ3v) is 5.51. The standard InChI is InChI=1S/C19H19N3O2S/c1-13-5-7-14(8-6-13)16-12-25-19-20-11-15(18(24)22(16)19)17(23)21-9-3-2-4-10-21/h5-8,11-12H,2-4,9-10H2,1H3. The van der Waals surface area contributed by atoms with Crippen molar-refractivity contribution in [2.75, 3.05) is 13.1 Å². The summed E-state index contributed by atoms with van der Waals surface area (Å²) in [5, 5.41) is 1.92. The lowest BCUT2D eigenvalue weighted by molar-refractivity contribution is 0.0722. The van der Waals surface area contributed by atoms with Crippen molar-refractivity contribution in [3.8, 4) is 11.3 Å². The van der Waals surface area contributed by atoms with Gasteiger partial charge in [-0.15, -0.1) is 11.3 Å². The highest BCUT2D eigenvalue weighted by molar-refractivity contribution is 7.15. The first kappa shape index (κ1) is 16.0. The molecule has 0 aliphatic carbocycles. The van der Waals surface area contributed by atoms with Gasteiger partial charge in [0.1, 0.15) is 5.56 Å². The third kappa shape index (κ3) is 2.87. The van der Waals surface area contributed by atoms with E-state index in [9.17, 15) is 9.59 Å². The molecular weight excluding hydrogens is 334 g/mol. The van der Waals surface area contributed by atoms with Crippen LogP contribution in [0.15, 0.2) is 40.6 Å². The Hall–Kier alpha value is -2.47. The second-order valence-corrected chi connectivity index (χ2v) is 7.27. The average molecular weight is 353 g/mol. The predicted octanol–water partition coefficient (Wildman–Crippen LogP) is 3.36. The van der Waals surface area contributed by atoms with Crippen LogP contribution in [0.1, 0.15) is 35.2 Å². The fraction of sp³-hybridized carbons (Fsp3) is 0.316. The first-order valence-corrected chi connectivity index (χ1v) is 9.39. The topological polar surface area (TPSA) is 54.7 Å². The molecule has 1 aliphatic heterocycles. The number of rotatable bonds is 2. The van der Waals surface area contributed by atoms with Gasteiger partial charge in [-0.3, -0.25) is 14.0 Å². The molecule has 2 aromatic heterocycles. The zero-order valence-corrected chi connectivity index (χ0v) is 14.9. The van der Waals surface area contributed by atoms with Crippen LogP contribution in [0.4, 0.5) is 0 Å². The van der Waals surface area contributed by atoms with Crippen LogP contribution in [0, 0.1) is 6.92 Å². The van der Waals surface area contributed by atoms with Crippen molar-refractivity contribution in [3.05, 3.63) is 57.3 Å². The van der Waals surface area contributed by atoms with E-state index in [1.807, 2.05) is 36.6 Å². The van der Waals surface area contributed by atoms with Gasteiger partial charge < -0.3 is 4.90 Å². The number of likely N-dealkylation sites (tertiary alicyclic amines) is 1. The van der Waals surface area contributed by atoms with E-state index in [-0.39, 0.29) is 17.0 Å². The van der Waals surface area contributed by atoms with Crippen LogP contribution in [0.5, 0.6) is 0 Å². The highest BCUT2D eigenvalue weighted by Gasteiger charge is 2.23. The Bertz CT molecular complexity index is 982. The summed E-state index contributed by atoms with van der Waals surface area (Å²) in [6.45, 7) is 3.46. The molecule has 3 heterocycles. The molecule has 6 heteroatoms. The Morgan fingerprint density at radius 1 is 1.12 bits per heavy atom. The Kier molecular flexibility index (Phi) is 4.13. The van der Waals surface area contributed by atoms with Crippen molar-refractivity contribution in [1.82, 2.24) is 14.3 Å². The van der Waals surface area contributed by atoms with Gasteiger partial charge in [-0.05, 0) is 31.7 Å². The van der Waals surface area contributed by atoms with Gasteiger partial charge in [0.2, 0.25) is 0 Å². The molecule has 128 valence electrons. The van der Waals surface area contributed by atoms with Crippen LogP contribution in [0.2, 0.25) is 0 Å². The van der Waals surface area contributed by atoms with Gasteiger partial charge in [0.15, 0.2) is 4.96 Å². The molecule has 25 heavy (non-hydrogen) atoms. The average Bonchev–Trinajstić information content (AvgIpc) is 3.08. The monoisotopic (exact) mass is 353 g/mol.